The summed E-state index contributed by atoms with van der Waals surface area (Å²) in [6, 6.07) is 11.7. The molecule has 32 heavy (non-hydrogen) atoms. The molecule has 1 amide bonds. The summed E-state index contributed by atoms with van der Waals surface area (Å²) in [4.78, 5) is 17.1. The van der Waals surface area contributed by atoms with E-state index in [1.165, 1.54) is 43.5 Å². The zero-order chi connectivity index (χ0) is 22.8. The molecule has 2 heterocycles. The molecule has 164 valence electrons. The van der Waals surface area contributed by atoms with E-state index >= 15 is 0 Å². The van der Waals surface area contributed by atoms with Crippen LogP contribution < -0.4 is 10.1 Å². The van der Waals surface area contributed by atoms with E-state index in [0.29, 0.717) is 29.3 Å². The first-order valence-electron chi connectivity index (χ1n) is 10.1. The van der Waals surface area contributed by atoms with Gasteiger partial charge in [-0.25, -0.2) is 13.5 Å². The number of aryl methyl sites for hydroxylation is 2. The first-order valence-corrected chi connectivity index (χ1v) is 10.1. The summed E-state index contributed by atoms with van der Waals surface area (Å²) in [7, 11) is 1.52. The molecule has 4 aromatic rings. The van der Waals surface area contributed by atoms with Crippen LogP contribution in [0.4, 0.5) is 14.5 Å². The summed E-state index contributed by atoms with van der Waals surface area (Å²) in [6.07, 6.45) is 0.592. The van der Waals surface area contributed by atoms with Gasteiger partial charge < -0.3 is 10.1 Å². The van der Waals surface area contributed by atoms with Crippen molar-refractivity contribution in [2.45, 2.75) is 26.7 Å². The van der Waals surface area contributed by atoms with Gasteiger partial charge in [-0.1, -0.05) is 6.07 Å². The van der Waals surface area contributed by atoms with Gasteiger partial charge in [-0.3, -0.25) is 4.79 Å². The minimum absolute atomic E-state index is 0.193. The van der Waals surface area contributed by atoms with Gasteiger partial charge in [-0.15, -0.1) is 0 Å². The lowest BCUT2D eigenvalue weighted by molar-refractivity contribution is -0.116. The molecule has 0 aliphatic rings. The maximum atomic E-state index is 13.8. The fourth-order valence-electron chi connectivity index (χ4n) is 3.78. The number of rotatable bonds is 6. The molecule has 0 unspecified atom stereocenters. The Labute approximate surface area is 183 Å². The van der Waals surface area contributed by atoms with E-state index in [2.05, 4.69) is 15.4 Å². The molecule has 1 N–H and O–H groups in total. The fourth-order valence-corrected chi connectivity index (χ4v) is 3.78. The first-order chi connectivity index (χ1) is 15.4. The van der Waals surface area contributed by atoms with Crippen molar-refractivity contribution in [2.24, 2.45) is 0 Å². The SMILES string of the molecule is COc1nc2c(c(C)nn2-c2cccc(F)c2)c(C)c1CCC(=O)Nc1ccc(F)cc1. The van der Waals surface area contributed by atoms with E-state index in [1.807, 2.05) is 13.8 Å². The number of aromatic nitrogens is 3. The molecule has 0 fully saturated rings. The number of carbonyl (C=O) groups excluding carboxylic acids is 1. The minimum atomic E-state index is -0.365. The zero-order valence-electron chi connectivity index (χ0n) is 17.9. The summed E-state index contributed by atoms with van der Waals surface area (Å²) < 4.78 is 33.9. The highest BCUT2D eigenvalue weighted by Crippen LogP contribution is 2.32. The lowest BCUT2D eigenvalue weighted by atomic mass is 10.0. The molecule has 4 rings (SSSR count). The number of carbonyl (C=O) groups is 1. The van der Waals surface area contributed by atoms with Crippen molar-refractivity contribution in [3.8, 4) is 11.6 Å². The smallest absolute Gasteiger partial charge is 0.224 e. The van der Waals surface area contributed by atoms with Crippen LogP contribution in [0.1, 0.15) is 23.2 Å². The van der Waals surface area contributed by atoms with Crippen molar-refractivity contribution in [2.75, 3.05) is 12.4 Å². The number of nitrogens with one attached hydrogen (secondary N) is 1. The second kappa shape index (κ2) is 8.74. The number of anilines is 1. The molecule has 0 spiro atoms. The Bertz CT molecular complexity index is 1300. The summed E-state index contributed by atoms with van der Waals surface area (Å²) >= 11 is 0. The van der Waals surface area contributed by atoms with E-state index in [-0.39, 0.29) is 24.0 Å². The van der Waals surface area contributed by atoms with Gasteiger partial charge in [0.1, 0.15) is 11.6 Å². The lowest BCUT2D eigenvalue weighted by Gasteiger charge is -2.13. The van der Waals surface area contributed by atoms with Crippen LogP contribution in [0.2, 0.25) is 0 Å². The molecule has 0 aliphatic heterocycles. The highest BCUT2D eigenvalue weighted by atomic mass is 19.1. The number of ether oxygens (including phenoxy) is 1. The molecule has 2 aromatic carbocycles. The van der Waals surface area contributed by atoms with Crippen LogP contribution in [0.15, 0.2) is 48.5 Å². The Kier molecular flexibility index (Phi) is 5.85. The predicted octanol–water partition coefficient (Wildman–Crippen LogP) is 4.90. The number of hydrogen-bond donors (Lipinski definition) is 1. The quantitative estimate of drug-likeness (QED) is 0.467. The Morgan fingerprint density at radius 1 is 1.09 bits per heavy atom. The van der Waals surface area contributed by atoms with Crippen molar-refractivity contribution in [1.29, 1.82) is 0 Å². The Morgan fingerprint density at radius 3 is 2.53 bits per heavy atom. The van der Waals surface area contributed by atoms with Crippen LogP contribution >= 0.6 is 0 Å². The van der Waals surface area contributed by atoms with Gasteiger partial charge in [-0.2, -0.15) is 10.1 Å². The number of fused-ring (bicyclic) bond motifs is 1. The molecule has 0 saturated carbocycles. The number of methoxy groups -OCH3 is 1. The van der Waals surface area contributed by atoms with Gasteiger partial charge in [-0.05, 0) is 68.3 Å². The number of amides is 1. The average Bonchev–Trinajstić information content (AvgIpc) is 3.11. The van der Waals surface area contributed by atoms with Crippen LogP contribution in [0.3, 0.4) is 0 Å². The van der Waals surface area contributed by atoms with E-state index < -0.39 is 0 Å². The Balaban J connectivity index is 1.65. The van der Waals surface area contributed by atoms with Gasteiger partial charge in [0.15, 0.2) is 5.65 Å². The minimum Gasteiger partial charge on any atom is -0.481 e. The second-order valence-corrected chi connectivity index (χ2v) is 7.46. The second-order valence-electron chi connectivity index (χ2n) is 7.46. The predicted molar refractivity (Wildman–Crippen MR) is 118 cm³/mol. The molecule has 0 radical (unpaired) electrons. The van der Waals surface area contributed by atoms with Gasteiger partial charge in [0.05, 0.1) is 18.5 Å². The lowest BCUT2D eigenvalue weighted by Crippen LogP contribution is -2.13. The van der Waals surface area contributed by atoms with Crippen molar-refractivity contribution >= 4 is 22.6 Å². The molecule has 0 bridgehead atoms. The Hall–Kier alpha value is -3.81. The third-order valence-corrected chi connectivity index (χ3v) is 5.31. The van der Waals surface area contributed by atoms with Crippen LogP contribution in [0.25, 0.3) is 16.7 Å². The van der Waals surface area contributed by atoms with Crippen LogP contribution in [0, 0.1) is 25.5 Å². The molecule has 6 nitrogen and oxygen atoms in total. The molecule has 0 saturated heterocycles. The van der Waals surface area contributed by atoms with Crippen LogP contribution in [-0.2, 0) is 11.2 Å². The van der Waals surface area contributed by atoms with E-state index in [4.69, 9.17) is 4.74 Å². The number of hydrogen-bond acceptors (Lipinski definition) is 4. The number of nitrogens with zero attached hydrogens (tertiary/aromatic N) is 3. The molecule has 0 aliphatic carbocycles. The molecule has 2 aromatic heterocycles. The van der Waals surface area contributed by atoms with E-state index in [9.17, 15) is 13.6 Å². The molecular formula is C24H22F2N4O2. The van der Waals surface area contributed by atoms with Gasteiger partial charge in [0.25, 0.3) is 0 Å². The number of halogens is 2. The average molecular weight is 436 g/mol. The Morgan fingerprint density at radius 2 is 1.84 bits per heavy atom. The van der Waals surface area contributed by atoms with Crippen molar-refractivity contribution in [1.82, 2.24) is 14.8 Å². The zero-order valence-corrected chi connectivity index (χ0v) is 17.9. The van der Waals surface area contributed by atoms with Crippen LogP contribution in [0.5, 0.6) is 5.88 Å². The summed E-state index contributed by atoms with van der Waals surface area (Å²) in [5.41, 5.74) is 4.10. The number of benzene rings is 2. The van der Waals surface area contributed by atoms with Crippen LogP contribution in [-0.4, -0.2) is 27.8 Å². The van der Waals surface area contributed by atoms with Gasteiger partial charge >= 0.3 is 0 Å². The largest absolute Gasteiger partial charge is 0.481 e. The van der Waals surface area contributed by atoms with E-state index in [1.54, 1.807) is 16.8 Å². The highest BCUT2D eigenvalue weighted by Gasteiger charge is 2.20. The standard InChI is InChI=1S/C24H22F2N4O2/c1-14-20(11-12-21(31)27-18-9-7-16(25)8-10-18)24(32-3)28-23-22(14)15(2)29-30(23)19-6-4-5-17(26)13-19/h4-10,13H,11-12H2,1-3H3,(H,27,31). The summed E-state index contributed by atoms with van der Waals surface area (Å²) in [5, 5.41) is 8.15. The fraction of sp³-hybridized carbons (Fsp3) is 0.208. The summed E-state index contributed by atoms with van der Waals surface area (Å²) in [6.45, 7) is 3.80. The maximum absolute atomic E-state index is 13.8. The third-order valence-electron chi connectivity index (χ3n) is 5.31. The van der Waals surface area contributed by atoms with E-state index in [0.717, 1.165) is 22.2 Å². The highest BCUT2D eigenvalue weighted by molar-refractivity contribution is 5.91. The number of pyridine rings is 1. The molecular weight excluding hydrogens is 414 g/mol. The third kappa shape index (κ3) is 4.16. The van der Waals surface area contributed by atoms with Crippen molar-refractivity contribution in [3.63, 3.8) is 0 Å². The first kappa shape index (κ1) is 21.4. The molecule has 0 atom stereocenters. The van der Waals surface area contributed by atoms with Gasteiger partial charge in [0.2, 0.25) is 11.8 Å². The van der Waals surface area contributed by atoms with Gasteiger partial charge in [0, 0.05) is 23.1 Å². The topological polar surface area (TPSA) is 69.0 Å². The summed E-state index contributed by atoms with van der Waals surface area (Å²) in [5.74, 6) is -0.541. The normalized spacial score (nSPS) is 11.0. The van der Waals surface area contributed by atoms with Crippen molar-refractivity contribution in [3.05, 3.63) is 77.0 Å². The monoisotopic (exact) mass is 436 g/mol. The maximum Gasteiger partial charge on any atom is 0.224 e. The molecule has 8 heteroatoms. The van der Waals surface area contributed by atoms with Crippen molar-refractivity contribution < 1.29 is 18.3 Å².